The Bertz CT molecular complexity index is 991. The Morgan fingerprint density at radius 1 is 1.06 bits per heavy atom. The summed E-state index contributed by atoms with van der Waals surface area (Å²) in [6.45, 7) is 6.86. The highest BCUT2D eigenvalue weighted by Crippen LogP contribution is 2.27. The van der Waals surface area contributed by atoms with Gasteiger partial charge >= 0.3 is 6.03 Å². The lowest BCUT2D eigenvalue weighted by molar-refractivity contribution is -0.120. The summed E-state index contributed by atoms with van der Waals surface area (Å²) >= 11 is 0. The van der Waals surface area contributed by atoms with Gasteiger partial charge in [0, 0.05) is 65.5 Å². The number of pyridine rings is 1. The van der Waals surface area contributed by atoms with Gasteiger partial charge in [0.05, 0.1) is 23.5 Å². The summed E-state index contributed by atoms with van der Waals surface area (Å²) < 4.78 is 7.30. The first-order valence-corrected chi connectivity index (χ1v) is 12.1. The molecular weight excluding hydrogens is 420 g/mol. The first-order chi connectivity index (χ1) is 16.1. The molecule has 4 heterocycles. The smallest absolute Gasteiger partial charge is 0.328 e. The zero-order chi connectivity index (χ0) is 22.8. The average Bonchev–Trinajstić information content (AvgIpc) is 3.24. The predicted molar refractivity (Wildman–Crippen MR) is 125 cm³/mol. The maximum Gasteiger partial charge on any atom is 0.328 e. The molecule has 33 heavy (non-hydrogen) atoms. The SMILES string of the molecule is CO[C@H]1CC[C@@H](CN2CCN(Cc3ccn4ncc(N5CCC(=O)NC5=O)c4c3)CC2)CC1. The van der Waals surface area contributed by atoms with Gasteiger partial charge in [0.25, 0.3) is 0 Å². The summed E-state index contributed by atoms with van der Waals surface area (Å²) in [6, 6.07) is 3.84. The number of fused-ring (bicyclic) bond motifs is 1. The van der Waals surface area contributed by atoms with Crippen molar-refractivity contribution in [1.82, 2.24) is 24.7 Å². The van der Waals surface area contributed by atoms with Crippen molar-refractivity contribution in [3.63, 3.8) is 0 Å². The number of urea groups is 1. The summed E-state index contributed by atoms with van der Waals surface area (Å²) in [5, 5.41) is 6.79. The van der Waals surface area contributed by atoms with Gasteiger partial charge in [-0.15, -0.1) is 0 Å². The van der Waals surface area contributed by atoms with E-state index in [2.05, 4.69) is 32.3 Å². The van der Waals surface area contributed by atoms with Crippen LogP contribution in [-0.4, -0.2) is 83.8 Å². The Balaban J connectivity index is 1.17. The van der Waals surface area contributed by atoms with Crippen molar-refractivity contribution in [2.24, 2.45) is 5.92 Å². The maximum absolute atomic E-state index is 12.3. The first kappa shape index (κ1) is 22.3. The first-order valence-electron chi connectivity index (χ1n) is 12.1. The number of anilines is 1. The van der Waals surface area contributed by atoms with Crippen LogP contribution in [0.25, 0.3) is 5.52 Å². The summed E-state index contributed by atoms with van der Waals surface area (Å²) in [6.07, 6.45) is 9.41. The van der Waals surface area contributed by atoms with E-state index in [1.54, 1.807) is 15.6 Å². The zero-order valence-electron chi connectivity index (χ0n) is 19.4. The number of amides is 3. The van der Waals surface area contributed by atoms with E-state index in [1.165, 1.54) is 37.8 Å². The Morgan fingerprint density at radius 2 is 1.82 bits per heavy atom. The van der Waals surface area contributed by atoms with E-state index in [4.69, 9.17) is 4.74 Å². The number of carbonyl (C=O) groups is 2. The highest BCUT2D eigenvalue weighted by atomic mass is 16.5. The zero-order valence-corrected chi connectivity index (χ0v) is 19.4. The molecule has 0 radical (unpaired) electrons. The van der Waals surface area contributed by atoms with Crippen molar-refractivity contribution >= 4 is 23.1 Å². The van der Waals surface area contributed by atoms with Gasteiger partial charge in [0.2, 0.25) is 5.91 Å². The molecule has 3 fully saturated rings. The number of methoxy groups -OCH3 is 1. The van der Waals surface area contributed by atoms with E-state index < -0.39 is 0 Å². The van der Waals surface area contributed by atoms with Crippen LogP contribution < -0.4 is 10.2 Å². The lowest BCUT2D eigenvalue weighted by Gasteiger charge is -2.38. The predicted octanol–water partition coefficient (Wildman–Crippen LogP) is 2.10. The molecule has 2 saturated heterocycles. The van der Waals surface area contributed by atoms with Gasteiger partial charge in [-0.2, -0.15) is 5.10 Å². The molecule has 0 unspecified atom stereocenters. The van der Waals surface area contributed by atoms with Gasteiger partial charge in [-0.05, 0) is 49.3 Å². The van der Waals surface area contributed by atoms with Crippen LogP contribution in [0.3, 0.4) is 0 Å². The molecule has 9 heteroatoms. The van der Waals surface area contributed by atoms with E-state index in [0.29, 0.717) is 19.1 Å². The molecule has 3 aliphatic rings. The van der Waals surface area contributed by atoms with E-state index in [1.807, 2.05) is 13.3 Å². The molecule has 0 atom stereocenters. The third kappa shape index (κ3) is 5.05. The minimum atomic E-state index is -0.376. The van der Waals surface area contributed by atoms with Crippen LogP contribution >= 0.6 is 0 Å². The van der Waals surface area contributed by atoms with E-state index in [-0.39, 0.29) is 11.9 Å². The van der Waals surface area contributed by atoms with Crippen LogP contribution in [0.15, 0.2) is 24.5 Å². The fourth-order valence-electron chi connectivity index (χ4n) is 5.42. The standard InChI is InChI=1S/C24H34N6O3/c1-33-20-4-2-18(3-5-20)16-27-10-12-28(13-11-27)17-19-6-9-30-21(14-19)22(15-25-30)29-8-7-23(31)26-24(29)32/h6,9,14-15,18,20H,2-5,7-8,10-13,16-17H2,1H3,(H,26,31,32)/t18-,20+. The number of piperazine rings is 1. The summed E-state index contributed by atoms with van der Waals surface area (Å²) in [5.41, 5.74) is 2.85. The lowest BCUT2D eigenvalue weighted by atomic mass is 9.87. The van der Waals surface area contributed by atoms with Crippen LogP contribution in [0.5, 0.6) is 0 Å². The second-order valence-corrected chi connectivity index (χ2v) is 9.60. The second-order valence-electron chi connectivity index (χ2n) is 9.60. The fourth-order valence-corrected chi connectivity index (χ4v) is 5.42. The number of imide groups is 1. The Morgan fingerprint density at radius 3 is 2.55 bits per heavy atom. The number of ether oxygens (including phenoxy) is 1. The Labute approximate surface area is 194 Å². The van der Waals surface area contributed by atoms with E-state index in [0.717, 1.165) is 49.8 Å². The number of hydrogen-bond acceptors (Lipinski definition) is 6. The third-order valence-electron chi connectivity index (χ3n) is 7.42. The highest BCUT2D eigenvalue weighted by Gasteiger charge is 2.27. The quantitative estimate of drug-likeness (QED) is 0.720. The normalized spacial score (nSPS) is 25.5. The summed E-state index contributed by atoms with van der Waals surface area (Å²) in [5.74, 6) is 0.586. The molecule has 2 aromatic rings. The minimum Gasteiger partial charge on any atom is -0.381 e. The number of nitrogens with one attached hydrogen (secondary N) is 1. The molecule has 0 bridgehead atoms. The molecule has 1 N–H and O–H groups in total. The van der Waals surface area contributed by atoms with Gasteiger partial charge in [-0.3, -0.25) is 19.9 Å². The molecule has 2 aliphatic heterocycles. The van der Waals surface area contributed by atoms with Crippen molar-refractivity contribution in [3.05, 3.63) is 30.1 Å². The van der Waals surface area contributed by atoms with Crippen molar-refractivity contribution in [1.29, 1.82) is 0 Å². The molecule has 2 aromatic heterocycles. The van der Waals surface area contributed by atoms with Gasteiger partial charge in [-0.1, -0.05) is 0 Å². The van der Waals surface area contributed by atoms with Gasteiger partial charge in [0.1, 0.15) is 0 Å². The van der Waals surface area contributed by atoms with Gasteiger partial charge in [-0.25, -0.2) is 9.31 Å². The molecule has 178 valence electrons. The number of hydrogen-bond donors (Lipinski definition) is 1. The van der Waals surface area contributed by atoms with Crippen LogP contribution in [0.1, 0.15) is 37.7 Å². The lowest BCUT2D eigenvalue weighted by Crippen LogP contribution is -2.49. The summed E-state index contributed by atoms with van der Waals surface area (Å²) in [7, 11) is 1.84. The Hall–Kier alpha value is -2.49. The molecule has 0 aromatic carbocycles. The molecule has 9 nitrogen and oxygen atoms in total. The fraction of sp³-hybridized carbons (Fsp3) is 0.625. The van der Waals surface area contributed by atoms with E-state index in [9.17, 15) is 9.59 Å². The van der Waals surface area contributed by atoms with Gasteiger partial charge in [0.15, 0.2) is 0 Å². The summed E-state index contributed by atoms with van der Waals surface area (Å²) in [4.78, 5) is 30.5. The van der Waals surface area contributed by atoms with Crippen LogP contribution in [0, 0.1) is 5.92 Å². The molecule has 0 spiro atoms. The molecule has 1 saturated carbocycles. The van der Waals surface area contributed by atoms with Crippen molar-refractivity contribution in [2.75, 3.05) is 51.3 Å². The van der Waals surface area contributed by atoms with Crippen molar-refractivity contribution in [2.45, 2.75) is 44.8 Å². The Kier molecular flexibility index (Phi) is 6.62. The third-order valence-corrected chi connectivity index (χ3v) is 7.42. The topological polar surface area (TPSA) is 82.4 Å². The van der Waals surface area contributed by atoms with E-state index >= 15 is 0 Å². The number of aromatic nitrogens is 2. The van der Waals surface area contributed by atoms with Crippen LogP contribution in [-0.2, 0) is 16.1 Å². The monoisotopic (exact) mass is 454 g/mol. The van der Waals surface area contributed by atoms with Crippen molar-refractivity contribution < 1.29 is 14.3 Å². The molecule has 5 rings (SSSR count). The van der Waals surface area contributed by atoms with Crippen LogP contribution in [0.2, 0.25) is 0 Å². The van der Waals surface area contributed by atoms with Crippen LogP contribution in [0.4, 0.5) is 10.5 Å². The van der Waals surface area contributed by atoms with Gasteiger partial charge < -0.3 is 9.64 Å². The minimum absolute atomic E-state index is 0.227. The van der Waals surface area contributed by atoms with Crippen molar-refractivity contribution in [3.8, 4) is 0 Å². The largest absolute Gasteiger partial charge is 0.381 e. The second kappa shape index (κ2) is 9.79. The number of carbonyl (C=O) groups excluding carboxylic acids is 2. The highest BCUT2D eigenvalue weighted by molar-refractivity contribution is 6.07. The molecular formula is C24H34N6O3. The number of nitrogens with zero attached hydrogens (tertiary/aromatic N) is 5. The molecule has 1 aliphatic carbocycles. The average molecular weight is 455 g/mol. The molecule has 3 amide bonds. The maximum atomic E-state index is 12.3. The number of rotatable bonds is 6.